The fourth-order valence-corrected chi connectivity index (χ4v) is 1.26. The lowest BCUT2D eigenvalue weighted by Gasteiger charge is -2.08. The molecule has 1 rings (SSSR count). The van der Waals surface area contributed by atoms with Crippen LogP contribution in [0, 0.1) is 5.92 Å². The minimum Gasteiger partial charge on any atom is -0.506 e. The van der Waals surface area contributed by atoms with Gasteiger partial charge < -0.3 is 15.9 Å². The average Bonchev–Trinajstić information content (AvgIpc) is 2.19. The van der Waals surface area contributed by atoms with Crippen LogP contribution in [0.3, 0.4) is 0 Å². The molecule has 0 fully saturated rings. The molecule has 1 aromatic rings. The summed E-state index contributed by atoms with van der Waals surface area (Å²) in [5, 5.41) is 18.0. The zero-order valence-electron chi connectivity index (χ0n) is 8.40. The smallest absolute Gasteiger partial charge is 0.138 e. The lowest BCUT2D eigenvalue weighted by atomic mass is 10.0. The van der Waals surface area contributed by atoms with Gasteiger partial charge in [0.25, 0.3) is 0 Å². The molecule has 0 aliphatic carbocycles. The van der Waals surface area contributed by atoms with E-state index in [1.807, 2.05) is 13.0 Å². The van der Waals surface area contributed by atoms with E-state index in [9.17, 15) is 5.11 Å². The lowest BCUT2D eigenvalue weighted by Crippen LogP contribution is -2.02. The monoisotopic (exact) mass is 195 g/mol. The molecule has 1 unspecified atom stereocenters. The van der Waals surface area contributed by atoms with E-state index in [1.54, 1.807) is 12.1 Å². The number of aromatic hydroxyl groups is 1. The van der Waals surface area contributed by atoms with Crippen LogP contribution in [-0.4, -0.2) is 16.8 Å². The number of benzene rings is 1. The van der Waals surface area contributed by atoms with Crippen LogP contribution in [0.4, 0.5) is 5.69 Å². The Morgan fingerprint density at radius 1 is 1.43 bits per heavy atom. The average molecular weight is 195 g/mol. The Hall–Kier alpha value is -1.22. The number of nitrogen functional groups attached to an aromatic ring is 1. The maximum absolute atomic E-state index is 9.20. The maximum atomic E-state index is 9.20. The lowest BCUT2D eigenvalue weighted by molar-refractivity contribution is 0.230. The van der Waals surface area contributed by atoms with Crippen LogP contribution in [0.2, 0.25) is 0 Å². The summed E-state index contributed by atoms with van der Waals surface area (Å²) in [7, 11) is 0. The highest BCUT2D eigenvalue weighted by Crippen LogP contribution is 2.21. The van der Waals surface area contributed by atoms with Crippen molar-refractivity contribution < 1.29 is 10.2 Å². The number of phenols is 1. The van der Waals surface area contributed by atoms with Crippen molar-refractivity contribution in [1.29, 1.82) is 0 Å². The number of aliphatic hydroxyl groups excluding tert-OH is 1. The highest BCUT2D eigenvalue weighted by molar-refractivity contribution is 5.53. The molecule has 0 saturated carbocycles. The van der Waals surface area contributed by atoms with Crippen LogP contribution in [0.15, 0.2) is 18.2 Å². The first-order chi connectivity index (χ1) is 6.63. The zero-order valence-corrected chi connectivity index (χ0v) is 8.40. The Balaban J connectivity index is 2.55. The first kappa shape index (κ1) is 10.9. The fraction of sp³-hybridized carbons (Fsp3) is 0.455. The summed E-state index contributed by atoms with van der Waals surface area (Å²) < 4.78 is 0. The van der Waals surface area contributed by atoms with Gasteiger partial charge in [0.1, 0.15) is 5.75 Å². The van der Waals surface area contributed by atoms with Gasteiger partial charge >= 0.3 is 0 Å². The normalized spacial score (nSPS) is 12.7. The molecule has 3 nitrogen and oxygen atoms in total. The summed E-state index contributed by atoms with van der Waals surface area (Å²) in [5.41, 5.74) is 7.07. The Morgan fingerprint density at radius 2 is 2.14 bits per heavy atom. The third kappa shape index (κ3) is 2.92. The highest BCUT2D eigenvalue weighted by atomic mass is 16.3. The van der Waals surface area contributed by atoms with E-state index in [0.717, 1.165) is 18.4 Å². The zero-order chi connectivity index (χ0) is 10.6. The van der Waals surface area contributed by atoms with Gasteiger partial charge in [0.2, 0.25) is 0 Å². The van der Waals surface area contributed by atoms with E-state index in [1.165, 1.54) is 0 Å². The van der Waals surface area contributed by atoms with Gasteiger partial charge in [-0.1, -0.05) is 13.0 Å². The molecule has 4 N–H and O–H groups in total. The summed E-state index contributed by atoms with van der Waals surface area (Å²) in [6.45, 7) is 2.22. The molecule has 0 radical (unpaired) electrons. The Labute approximate surface area is 84.2 Å². The van der Waals surface area contributed by atoms with Crippen LogP contribution in [0.25, 0.3) is 0 Å². The maximum Gasteiger partial charge on any atom is 0.138 e. The second kappa shape index (κ2) is 4.86. The molecule has 0 aromatic heterocycles. The van der Waals surface area contributed by atoms with E-state index in [0.29, 0.717) is 11.6 Å². The minimum absolute atomic E-state index is 0.129. The quantitative estimate of drug-likeness (QED) is 0.504. The number of rotatable bonds is 4. The molecule has 78 valence electrons. The predicted molar refractivity (Wildman–Crippen MR) is 57.1 cm³/mol. The van der Waals surface area contributed by atoms with Gasteiger partial charge in [0.15, 0.2) is 0 Å². The van der Waals surface area contributed by atoms with Gasteiger partial charge in [-0.2, -0.15) is 0 Å². The Morgan fingerprint density at radius 3 is 2.71 bits per heavy atom. The summed E-state index contributed by atoms with van der Waals surface area (Å²) in [6.07, 6.45) is 1.81. The van der Waals surface area contributed by atoms with Gasteiger partial charge in [-0.15, -0.1) is 0 Å². The Kier molecular flexibility index (Phi) is 3.77. The fourth-order valence-electron chi connectivity index (χ4n) is 1.26. The molecule has 0 spiro atoms. The largest absolute Gasteiger partial charge is 0.506 e. The van der Waals surface area contributed by atoms with E-state index in [4.69, 9.17) is 10.8 Å². The van der Waals surface area contributed by atoms with E-state index in [-0.39, 0.29) is 12.4 Å². The molecule has 1 aromatic carbocycles. The van der Waals surface area contributed by atoms with Gasteiger partial charge in [-0.25, -0.2) is 0 Å². The highest BCUT2D eigenvalue weighted by Gasteiger charge is 2.02. The van der Waals surface area contributed by atoms with Gasteiger partial charge in [0.05, 0.1) is 5.69 Å². The molecule has 0 amide bonds. The molecule has 0 aliphatic heterocycles. The molecular weight excluding hydrogens is 178 g/mol. The van der Waals surface area contributed by atoms with Crippen LogP contribution in [0.1, 0.15) is 18.9 Å². The summed E-state index contributed by atoms with van der Waals surface area (Å²) in [6, 6.07) is 5.24. The van der Waals surface area contributed by atoms with E-state index in [2.05, 4.69) is 0 Å². The van der Waals surface area contributed by atoms with Crippen LogP contribution < -0.4 is 5.73 Å². The SMILES string of the molecule is CC(CO)CCc1ccc(O)c(N)c1. The summed E-state index contributed by atoms with van der Waals surface area (Å²) in [5.74, 6) is 0.439. The number of hydrogen-bond acceptors (Lipinski definition) is 3. The number of phenolic OH excluding ortho intramolecular Hbond substituents is 1. The number of aryl methyl sites for hydroxylation is 1. The molecule has 0 saturated heterocycles. The third-order valence-corrected chi connectivity index (χ3v) is 2.33. The molecule has 0 aliphatic rings. The van der Waals surface area contributed by atoms with Crippen molar-refractivity contribution >= 4 is 5.69 Å². The van der Waals surface area contributed by atoms with Crippen molar-refractivity contribution in [2.75, 3.05) is 12.3 Å². The first-order valence-corrected chi connectivity index (χ1v) is 4.81. The van der Waals surface area contributed by atoms with Gasteiger partial charge in [0, 0.05) is 6.61 Å². The third-order valence-electron chi connectivity index (χ3n) is 2.33. The number of anilines is 1. The number of nitrogens with two attached hydrogens (primary N) is 1. The molecule has 0 heterocycles. The van der Waals surface area contributed by atoms with Crippen molar-refractivity contribution in [3.8, 4) is 5.75 Å². The molecular formula is C11H17NO2. The summed E-state index contributed by atoms with van der Waals surface area (Å²) in [4.78, 5) is 0. The van der Waals surface area contributed by atoms with Crippen LogP contribution in [0.5, 0.6) is 5.75 Å². The van der Waals surface area contributed by atoms with Crippen molar-refractivity contribution in [2.45, 2.75) is 19.8 Å². The first-order valence-electron chi connectivity index (χ1n) is 4.81. The van der Waals surface area contributed by atoms with Crippen molar-refractivity contribution in [3.05, 3.63) is 23.8 Å². The summed E-state index contributed by atoms with van der Waals surface area (Å²) >= 11 is 0. The second-order valence-electron chi connectivity index (χ2n) is 3.72. The minimum atomic E-state index is 0.129. The van der Waals surface area contributed by atoms with E-state index >= 15 is 0 Å². The molecule has 3 heteroatoms. The molecule has 14 heavy (non-hydrogen) atoms. The Bertz CT molecular complexity index is 299. The molecule has 1 atom stereocenters. The van der Waals surface area contributed by atoms with Crippen molar-refractivity contribution in [1.82, 2.24) is 0 Å². The predicted octanol–water partition coefficient (Wildman–Crippen LogP) is 1.54. The van der Waals surface area contributed by atoms with E-state index < -0.39 is 0 Å². The topological polar surface area (TPSA) is 66.5 Å². The van der Waals surface area contributed by atoms with Gasteiger partial charge in [-0.05, 0) is 36.5 Å². The second-order valence-corrected chi connectivity index (χ2v) is 3.72. The van der Waals surface area contributed by atoms with Crippen molar-refractivity contribution in [2.24, 2.45) is 5.92 Å². The molecule has 0 bridgehead atoms. The van der Waals surface area contributed by atoms with Crippen LogP contribution >= 0.6 is 0 Å². The number of hydrogen-bond donors (Lipinski definition) is 3. The van der Waals surface area contributed by atoms with Crippen LogP contribution in [-0.2, 0) is 6.42 Å². The van der Waals surface area contributed by atoms with Gasteiger partial charge in [-0.3, -0.25) is 0 Å². The van der Waals surface area contributed by atoms with Crippen molar-refractivity contribution in [3.63, 3.8) is 0 Å². The number of aliphatic hydroxyl groups is 1. The standard InChI is InChI=1S/C11H17NO2/c1-8(7-13)2-3-9-4-5-11(14)10(12)6-9/h4-6,8,13-14H,2-3,7,12H2,1H3.